The van der Waals surface area contributed by atoms with Crippen molar-refractivity contribution in [3.63, 3.8) is 0 Å². The standard InChI is InChI=1S/C23H20N2O5/c1-4-7-25-17-10-15(5-6-19(17)29-12-21(25)27)24-23(28)20-11-18(26)16-9-13(2)8-14(3)22(16)30-20/h4-6,8-11H,1,7,12H2,2-3H3,(H,24,28). The molecule has 0 saturated carbocycles. The average Bonchev–Trinajstić information content (AvgIpc) is 2.71. The maximum Gasteiger partial charge on any atom is 0.291 e. The van der Waals surface area contributed by atoms with E-state index in [1.54, 1.807) is 30.3 Å². The molecule has 0 unspecified atom stereocenters. The Morgan fingerprint density at radius 3 is 2.77 bits per heavy atom. The molecule has 30 heavy (non-hydrogen) atoms. The molecule has 0 atom stereocenters. The van der Waals surface area contributed by atoms with Crippen LogP contribution in [0.1, 0.15) is 21.7 Å². The van der Waals surface area contributed by atoms with Crippen molar-refractivity contribution in [3.05, 3.63) is 76.2 Å². The summed E-state index contributed by atoms with van der Waals surface area (Å²) >= 11 is 0. The molecule has 2 aromatic carbocycles. The number of aryl methyl sites for hydroxylation is 2. The maximum absolute atomic E-state index is 12.8. The van der Waals surface area contributed by atoms with E-state index in [-0.39, 0.29) is 23.7 Å². The molecule has 2 heterocycles. The van der Waals surface area contributed by atoms with Crippen LogP contribution in [0.15, 0.2) is 58.3 Å². The minimum Gasteiger partial charge on any atom is -0.482 e. The fourth-order valence-corrected chi connectivity index (χ4v) is 3.52. The van der Waals surface area contributed by atoms with Crippen LogP contribution < -0.4 is 20.4 Å². The summed E-state index contributed by atoms with van der Waals surface area (Å²) in [6, 6.07) is 9.79. The van der Waals surface area contributed by atoms with Crippen LogP contribution in [0.2, 0.25) is 0 Å². The van der Waals surface area contributed by atoms with Crippen molar-refractivity contribution < 1.29 is 18.7 Å². The quantitative estimate of drug-likeness (QED) is 0.672. The molecule has 0 saturated heterocycles. The molecule has 0 aliphatic carbocycles. The van der Waals surface area contributed by atoms with Crippen LogP contribution in [0.25, 0.3) is 11.0 Å². The van der Waals surface area contributed by atoms with Gasteiger partial charge in [-0.3, -0.25) is 14.4 Å². The van der Waals surface area contributed by atoms with Gasteiger partial charge in [0.15, 0.2) is 17.8 Å². The van der Waals surface area contributed by atoms with Crippen molar-refractivity contribution in [1.82, 2.24) is 0 Å². The molecule has 3 aromatic rings. The Morgan fingerprint density at radius 1 is 1.20 bits per heavy atom. The number of nitrogens with one attached hydrogen (secondary N) is 1. The first-order valence-electron chi connectivity index (χ1n) is 9.42. The lowest BCUT2D eigenvalue weighted by molar-refractivity contribution is -0.121. The van der Waals surface area contributed by atoms with Crippen molar-refractivity contribution in [3.8, 4) is 5.75 Å². The van der Waals surface area contributed by atoms with Crippen molar-refractivity contribution in [2.45, 2.75) is 13.8 Å². The predicted molar refractivity (Wildman–Crippen MR) is 114 cm³/mol. The number of nitrogens with zero attached hydrogens (tertiary/aromatic N) is 1. The van der Waals surface area contributed by atoms with Crippen LogP contribution in [0, 0.1) is 13.8 Å². The third kappa shape index (κ3) is 3.45. The Morgan fingerprint density at radius 2 is 2.00 bits per heavy atom. The SMILES string of the molecule is C=CCN1C(=O)COc2ccc(NC(=O)c3cc(=O)c4cc(C)cc(C)c4o3)cc21. The molecule has 2 amide bonds. The first-order chi connectivity index (χ1) is 14.4. The molecule has 1 N–H and O–H groups in total. The van der Waals surface area contributed by atoms with E-state index in [1.165, 1.54) is 11.0 Å². The normalized spacial score (nSPS) is 13.0. The van der Waals surface area contributed by atoms with E-state index in [4.69, 9.17) is 9.15 Å². The lowest BCUT2D eigenvalue weighted by atomic mass is 10.1. The largest absolute Gasteiger partial charge is 0.482 e. The number of carbonyl (C=O) groups is 2. The molecule has 1 aliphatic rings. The van der Waals surface area contributed by atoms with E-state index in [0.29, 0.717) is 34.6 Å². The summed E-state index contributed by atoms with van der Waals surface area (Å²) in [5.41, 5.74) is 2.81. The molecule has 1 aromatic heterocycles. The molecule has 0 spiro atoms. The van der Waals surface area contributed by atoms with E-state index >= 15 is 0 Å². The Labute approximate surface area is 172 Å². The molecule has 0 fully saturated rings. The second-order valence-electron chi connectivity index (χ2n) is 7.15. The Hall–Kier alpha value is -3.87. The van der Waals surface area contributed by atoms with Gasteiger partial charge in [0.25, 0.3) is 11.8 Å². The lowest BCUT2D eigenvalue weighted by Crippen LogP contribution is -2.38. The van der Waals surface area contributed by atoms with Gasteiger partial charge < -0.3 is 19.4 Å². The number of anilines is 2. The number of fused-ring (bicyclic) bond motifs is 2. The third-order valence-electron chi connectivity index (χ3n) is 4.85. The van der Waals surface area contributed by atoms with Gasteiger partial charge in [0.05, 0.1) is 11.1 Å². The zero-order chi connectivity index (χ0) is 21.4. The van der Waals surface area contributed by atoms with Gasteiger partial charge in [-0.1, -0.05) is 12.1 Å². The number of rotatable bonds is 4. The fourth-order valence-electron chi connectivity index (χ4n) is 3.52. The Bertz CT molecular complexity index is 1260. The second-order valence-corrected chi connectivity index (χ2v) is 7.15. The number of ether oxygens (including phenoxy) is 1. The summed E-state index contributed by atoms with van der Waals surface area (Å²) in [6.45, 7) is 7.67. The van der Waals surface area contributed by atoms with Gasteiger partial charge in [0.2, 0.25) is 0 Å². The minimum absolute atomic E-state index is 0.0480. The summed E-state index contributed by atoms with van der Waals surface area (Å²) in [4.78, 5) is 38.9. The molecule has 4 rings (SSSR count). The zero-order valence-electron chi connectivity index (χ0n) is 16.7. The number of hydrogen-bond donors (Lipinski definition) is 1. The summed E-state index contributed by atoms with van der Waals surface area (Å²) in [7, 11) is 0. The number of hydrogen-bond acceptors (Lipinski definition) is 5. The number of benzene rings is 2. The molecular weight excluding hydrogens is 384 g/mol. The average molecular weight is 404 g/mol. The van der Waals surface area contributed by atoms with Gasteiger partial charge in [-0.2, -0.15) is 0 Å². The highest BCUT2D eigenvalue weighted by molar-refractivity contribution is 6.04. The lowest BCUT2D eigenvalue weighted by Gasteiger charge is -2.28. The van der Waals surface area contributed by atoms with E-state index < -0.39 is 5.91 Å². The van der Waals surface area contributed by atoms with Crippen LogP contribution in [-0.4, -0.2) is 25.0 Å². The first-order valence-corrected chi connectivity index (χ1v) is 9.42. The maximum atomic E-state index is 12.8. The molecule has 7 nitrogen and oxygen atoms in total. The minimum atomic E-state index is -0.563. The topological polar surface area (TPSA) is 88.9 Å². The highest BCUT2D eigenvalue weighted by Crippen LogP contribution is 2.34. The zero-order valence-corrected chi connectivity index (χ0v) is 16.7. The number of carbonyl (C=O) groups excluding carboxylic acids is 2. The van der Waals surface area contributed by atoms with Gasteiger partial charge in [0, 0.05) is 18.3 Å². The summed E-state index contributed by atoms with van der Waals surface area (Å²) < 4.78 is 11.2. The van der Waals surface area contributed by atoms with Gasteiger partial charge in [0.1, 0.15) is 11.3 Å². The third-order valence-corrected chi connectivity index (χ3v) is 4.85. The van der Waals surface area contributed by atoms with Crippen LogP contribution in [0.5, 0.6) is 5.75 Å². The van der Waals surface area contributed by atoms with Crippen LogP contribution in [0.4, 0.5) is 11.4 Å². The first kappa shape index (κ1) is 19.4. The summed E-state index contributed by atoms with van der Waals surface area (Å²) in [5.74, 6) is -0.311. The second kappa shape index (κ2) is 7.51. The van der Waals surface area contributed by atoms with Gasteiger partial charge in [-0.15, -0.1) is 6.58 Å². The van der Waals surface area contributed by atoms with E-state index in [1.807, 2.05) is 19.9 Å². The van der Waals surface area contributed by atoms with Gasteiger partial charge in [-0.05, 0) is 49.2 Å². The van der Waals surface area contributed by atoms with Crippen molar-refractivity contribution in [2.24, 2.45) is 0 Å². The monoisotopic (exact) mass is 404 g/mol. The highest BCUT2D eigenvalue weighted by Gasteiger charge is 2.25. The van der Waals surface area contributed by atoms with Gasteiger partial charge in [-0.25, -0.2) is 0 Å². The number of amides is 2. The smallest absolute Gasteiger partial charge is 0.291 e. The van der Waals surface area contributed by atoms with Crippen molar-refractivity contribution >= 4 is 34.2 Å². The Balaban J connectivity index is 1.67. The van der Waals surface area contributed by atoms with Gasteiger partial charge >= 0.3 is 0 Å². The molecular formula is C23H20N2O5. The molecule has 7 heteroatoms. The van der Waals surface area contributed by atoms with Crippen molar-refractivity contribution in [1.29, 1.82) is 0 Å². The van der Waals surface area contributed by atoms with E-state index in [9.17, 15) is 14.4 Å². The van der Waals surface area contributed by atoms with Crippen molar-refractivity contribution in [2.75, 3.05) is 23.4 Å². The molecule has 0 radical (unpaired) electrons. The highest BCUT2D eigenvalue weighted by atomic mass is 16.5. The molecule has 152 valence electrons. The van der Waals surface area contributed by atoms with Crippen LogP contribution in [-0.2, 0) is 4.79 Å². The van der Waals surface area contributed by atoms with E-state index in [0.717, 1.165) is 11.1 Å². The fraction of sp³-hybridized carbons (Fsp3) is 0.174. The summed E-state index contributed by atoms with van der Waals surface area (Å²) in [6.07, 6.45) is 1.62. The van der Waals surface area contributed by atoms with E-state index in [2.05, 4.69) is 11.9 Å². The van der Waals surface area contributed by atoms with Crippen LogP contribution in [0.3, 0.4) is 0 Å². The molecule has 0 bridgehead atoms. The summed E-state index contributed by atoms with van der Waals surface area (Å²) in [5, 5.41) is 3.16. The molecule has 1 aliphatic heterocycles. The van der Waals surface area contributed by atoms with Crippen LogP contribution >= 0.6 is 0 Å². The Kier molecular flexibility index (Phi) is 4.87. The predicted octanol–water partition coefficient (Wildman–Crippen LogP) is 3.57.